The van der Waals surface area contributed by atoms with Gasteiger partial charge in [0.1, 0.15) is 11.6 Å². The second-order valence-electron chi connectivity index (χ2n) is 5.95. The molecule has 138 valence electrons. The lowest BCUT2D eigenvalue weighted by Crippen LogP contribution is -2.21. The van der Waals surface area contributed by atoms with Gasteiger partial charge in [-0.05, 0) is 41.5 Å². The van der Waals surface area contributed by atoms with Crippen molar-refractivity contribution in [1.82, 2.24) is 5.32 Å². The third-order valence-electron chi connectivity index (χ3n) is 4.03. The van der Waals surface area contributed by atoms with Gasteiger partial charge in [-0.1, -0.05) is 66.3 Å². The number of nitrogens with one attached hydrogen (secondary N) is 1. The highest BCUT2D eigenvalue weighted by molar-refractivity contribution is 7.80. The first-order chi connectivity index (χ1) is 13.2. The van der Waals surface area contributed by atoms with Crippen LogP contribution in [0.4, 0.5) is 0 Å². The van der Waals surface area contributed by atoms with E-state index in [-0.39, 0.29) is 0 Å². The highest BCUT2D eigenvalue weighted by Gasteiger charge is 2.09. The minimum absolute atomic E-state index is 0.482. The second kappa shape index (κ2) is 9.40. The van der Waals surface area contributed by atoms with E-state index in [4.69, 9.17) is 33.3 Å². The Bertz CT molecular complexity index is 898. The Balaban J connectivity index is 1.63. The third kappa shape index (κ3) is 5.46. The van der Waals surface area contributed by atoms with Crippen molar-refractivity contribution in [3.63, 3.8) is 0 Å². The van der Waals surface area contributed by atoms with Crippen molar-refractivity contribution in [1.29, 1.82) is 0 Å². The minimum Gasteiger partial charge on any atom is -0.493 e. The van der Waals surface area contributed by atoms with Gasteiger partial charge in [-0.15, -0.1) is 0 Å². The van der Waals surface area contributed by atoms with Crippen LogP contribution in [-0.2, 0) is 13.2 Å². The van der Waals surface area contributed by atoms with Gasteiger partial charge in [-0.25, -0.2) is 0 Å². The summed E-state index contributed by atoms with van der Waals surface area (Å²) in [6.07, 6.45) is 0. The summed E-state index contributed by atoms with van der Waals surface area (Å²) in [5.74, 6) is 1.34. The summed E-state index contributed by atoms with van der Waals surface area (Å²) in [5, 5.41) is 3.97. The van der Waals surface area contributed by atoms with E-state index in [1.54, 1.807) is 7.11 Å². The zero-order valence-corrected chi connectivity index (χ0v) is 16.5. The summed E-state index contributed by atoms with van der Waals surface area (Å²) >= 11 is 11.4. The second-order valence-corrected chi connectivity index (χ2v) is 6.79. The van der Waals surface area contributed by atoms with Gasteiger partial charge in [-0.2, -0.15) is 0 Å². The van der Waals surface area contributed by atoms with Crippen LogP contribution in [0.25, 0.3) is 0 Å². The average Bonchev–Trinajstić information content (AvgIpc) is 2.72. The van der Waals surface area contributed by atoms with E-state index in [2.05, 4.69) is 5.32 Å². The molecule has 1 N–H and O–H groups in total. The fourth-order valence-electron chi connectivity index (χ4n) is 2.55. The van der Waals surface area contributed by atoms with Crippen LogP contribution in [0.2, 0.25) is 5.02 Å². The molecule has 0 aliphatic heterocycles. The van der Waals surface area contributed by atoms with Crippen LogP contribution in [0.3, 0.4) is 0 Å². The summed E-state index contributed by atoms with van der Waals surface area (Å²) in [4.78, 5) is 0.651. The summed E-state index contributed by atoms with van der Waals surface area (Å²) in [6.45, 7) is 1.11. The molecule has 0 aromatic heterocycles. The molecular formula is C22H20ClNO2S. The molecule has 3 aromatic carbocycles. The quantitative estimate of drug-likeness (QED) is 0.541. The normalized spacial score (nSPS) is 10.3. The van der Waals surface area contributed by atoms with Crippen molar-refractivity contribution >= 4 is 28.8 Å². The number of rotatable bonds is 7. The summed E-state index contributed by atoms with van der Waals surface area (Å²) in [5.41, 5.74) is 3.09. The van der Waals surface area contributed by atoms with Crippen molar-refractivity contribution in [2.45, 2.75) is 13.2 Å². The van der Waals surface area contributed by atoms with E-state index in [1.807, 2.05) is 72.8 Å². The highest BCUT2D eigenvalue weighted by Crippen LogP contribution is 2.29. The first-order valence-electron chi connectivity index (χ1n) is 8.53. The van der Waals surface area contributed by atoms with E-state index in [0.29, 0.717) is 29.6 Å². The maximum atomic E-state index is 5.91. The van der Waals surface area contributed by atoms with Crippen LogP contribution >= 0.6 is 23.8 Å². The van der Waals surface area contributed by atoms with E-state index in [1.165, 1.54) is 0 Å². The molecule has 27 heavy (non-hydrogen) atoms. The monoisotopic (exact) mass is 397 g/mol. The first-order valence-corrected chi connectivity index (χ1v) is 9.32. The molecule has 0 saturated carbocycles. The van der Waals surface area contributed by atoms with Gasteiger partial charge in [0.2, 0.25) is 0 Å². The number of methoxy groups -OCH3 is 1. The largest absolute Gasteiger partial charge is 0.493 e. The zero-order chi connectivity index (χ0) is 19.1. The number of ether oxygens (including phenoxy) is 2. The number of thiocarbonyl (C=S) groups is 1. The van der Waals surface area contributed by atoms with Crippen LogP contribution in [0.1, 0.15) is 16.7 Å². The molecule has 0 spiro atoms. The fourth-order valence-corrected chi connectivity index (χ4v) is 2.88. The summed E-state index contributed by atoms with van der Waals surface area (Å²) in [7, 11) is 1.62. The third-order valence-corrected chi connectivity index (χ3v) is 4.66. The Labute approximate surface area is 169 Å². The molecule has 0 saturated heterocycles. The van der Waals surface area contributed by atoms with Gasteiger partial charge in [0.25, 0.3) is 0 Å². The highest BCUT2D eigenvalue weighted by atomic mass is 35.5. The van der Waals surface area contributed by atoms with Crippen LogP contribution in [-0.4, -0.2) is 12.1 Å². The molecule has 3 aromatic rings. The van der Waals surface area contributed by atoms with Crippen molar-refractivity contribution in [2.75, 3.05) is 7.11 Å². The van der Waals surface area contributed by atoms with Crippen molar-refractivity contribution in [2.24, 2.45) is 0 Å². The Kier molecular flexibility index (Phi) is 6.69. The predicted molar refractivity (Wildman–Crippen MR) is 114 cm³/mol. The Morgan fingerprint density at radius 3 is 2.37 bits per heavy atom. The molecular weight excluding hydrogens is 378 g/mol. The van der Waals surface area contributed by atoms with Gasteiger partial charge >= 0.3 is 0 Å². The Morgan fingerprint density at radius 1 is 0.926 bits per heavy atom. The standard InChI is InChI=1S/C22H20ClNO2S/c1-25-21-13-18(22(27)24-14-16-7-10-19(23)11-8-16)9-12-20(21)26-15-17-5-3-2-4-6-17/h2-13H,14-15H2,1H3,(H,24,27). The van der Waals surface area contributed by atoms with Crippen LogP contribution in [0.5, 0.6) is 11.5 Å². The lowest BCUT2D eigenvalue weighted by molar-refractivity contribution is 0.284. The van der Waals surface area contributed by atoms with Gasteiger partial charge in [0.05, 0.1) is 7.11 Å². The van der Waals surface area contributed by atoms with Crippen LogP contribution < -0.4 is 14.8 Å². The molecule has 0 bridgehead atoms. The van der Waals surface area contributed by atoms with Crippen LogP contribution in [0, 0.1) is 0 Å². The summed E-state index contributed by atoms with van der Waals surface area (Å²) < 4.78 is 11.4. The molecule has 0 atom stereocenters. The summed E-state index contributed by atoms with van der Waals surface area (Å²) in [6, 6.07) is 23.4. The van der Waals surface area contributed by atoms with E-state index >= 15 is 0 Å². The topological polar surface area (TPSA) is 30.5 Å². The van der Waals surface area contributed by atoms with E-state index in [9.17, 15) is 0 Å². The molecule has 0 amide bonds. The number of hydrogen-bond donors (Lipinski definition) is 1. The SMILES string of the molecule is COc1cc(C(=S)NCc2ccc(Cl)cc2)ccc1OCc1ccccc1. The molecule has 0 heterocycles. The Hall–Kier alpha value is -2.56. The molecule has 0 fully saturated rings. The van der Waals surface area contributed by atoms with Gasteiger partial charge in [0.15, 0.2) is 11.5 Å². The van der Waals surface area contributed by atoms with Crippen LogP contribution in [0.15, 0.2) is 72.8 Å². The molecule has 3 nitrogen and oxygen atoms in total. The molecule has 0 radical (unpaired) electrons. The average molecular weight is 398 g/mol. The van der Waals surface area contributed by atoms with Gasteiger partial charge in [-0.3, -0.25) is 0 Å². The Morgan fingerprint density at radius 2 is 1.67 bits per heavy atom. The van der Waals surface area contributed by atoms with Crippen molar-refractivity contribution < 1.29 is 9.47 Å². The molecule has 0 aliphatic carbocycles. The van der Waals surface area contributed by atoms with Crippen molar-refractivity contribution in [3.05, 3.63) is 94.5 Å². The molecule has 3 rings (SSSR count). The van der Waals surface area contributed by atoms with Gasteiger partial charge in [0, 0.05) is 17.1 Å². The maximum absolute atomic E-state index is 5.91. The van der Waals surface area contributed by atoms with Crippen molar-refractivity contribution in [3.8, 4) is 11.5 Å². The maximum Gasteiger partial charge on any atom is 0.161 e. The predicted octanol–water partition coefficient (Wildman–Crippen LogP) is 5.39. The van der Waals surface area contributed by atoms with E-state index in [0.717, 1.165) is 21.7 Å². The molecule has 5 heteroatoms. The number of hydrogen-bond acceptors (Lipinski definition) is 3. The smallest absolute Gasteiger partial charge is 0.161 e. The van der Waals surface area contributed by atoms with Gasteiger partial charge < -0.3 is 14.8 Å². The lowest BCUT2D eigenvalue weighted by atomic mass is 10.1. The fraction of sp³-hybridized carbons (Fsp3) is 0.136. The minimum atomic E-state index is 0.482. The molecule has 0 aliphatic rings. The molecule has 0 unspecified atom stereocenters. The van der Waals surface area contributed by atoms with E-state index < -0.39 is 0 Å². The number of halogens is 1. The number of benzene rings is 3. The lowest BCUT2D eigenvalue weighted by Gasteiger charge is -2.14. The first kappa shape index (κ1) is 19.2. The zero-order valence-electron chi connectivity index (χ0n) is 14.9.